The minimum atomic E-state index is -0.233. The Hall–Kier alpha value is -4.81. The summed E-state index contributed by atoms with van der Waals surface area (Å²) in [5.41, 5.74) is 4.22. The van der Waals surface area contributed by atoms with Gasteiger partial charge in [-0.05, 0) is 53.6 Å². The van der Waals surface area contributed by atoms with Crippen LogP contribution in [-0.2, 0) is 17.7 Å². The molecular weight excluding hydrogens is 506 g/mol. The molecule has 9 heteroatoms. The first kappa shape index (κ1) is 26.8. The summed E-state index contributed by atoms with van der Waals surface area (Å²) in [6.45, 7) is 1.71. The molecule has 1 aliphatic heterocycles. The van der Waals surface area contributed by atoms with Crippen LogP contribution in [0.2, 0.25) is 0 Å². The molecular formula is C31H29N5O4. The molecule has 5 rings (SSSR count). The third-order valence-electron chi connectivity index (χ3n) is 6.61. The molecule has 4 aromatic rings. The van der Waals surface area contributed by atoms with E-state index in [4.69, 9.17) is 19.2 Å². The predicted molar refractivity (Wildman–Crippen MR) is 148 cm³/mol. The van der Waals surface area contributed by atoms with Crippen molar-refractivity contribution in [3.63, 3.8) is 0 Å². The van der Waals surface area contributed by atoms with Crippen LogP contribution in [0.15, 0.2) is 73.2 Å². The molecule has 0 bridgehead atoms. The number of ether oxygens (including phenoxy) is 3. The zero-order valence-corrected chi connectivity index (χ0v) is 22.2. The Bertz CT molecular complexity index is 1510. The smallest absolute Gasteiger partial charge is 0.255 e. The van der Waals surface area contributed by atoms with Gasteiger partial charge in [-0.1, -0.05) is 12.1 Å². The van der Waals surface area contributed by atoms with Crippen molar-refractivity contribution in [1.29, 1.82) is 5.26 Å². The average molecular weight is 536 g/mol. The summed E-state index contributed by atoms with van der Waals surface area (Å²) in [6.07, 6.45) is 7.22. The molecule has 1 amide bonds. The molecule has 0 atom stereocenters. The SMILES string of the molecule is COc1cc(Cc2nccc(-c3ccc(OC4CCOCC4)c(C#N)c3)n2)ccc1C(=O)NCc1cccnc1. The van der Waals surface area contributed by atoms with Gasteiger partial charge in [-0.2, -0.15) is 5.26 Å². The molecule has 40 heavy (non-hydrogen) atoms. The maximum Gasteiger partial charge on any atom is 0.255 e. The van der Waals surface area contributed by atoms with E-state index in [1.54, 1.807) is 30.7 Å². The van der Waals surface area contributed by atoms with Crippen molar-refractivity contribution in [2.24, 2.45) is 0 Å². The Morgan fingerprint density at radius 2 is 1.95 bits per heavy atom. The summed E-state index contributed by atoms with van der Waals surface area (Å²) in [5, 5.41) is 12.6. The van der Waals surface area contributed by atoms with E-state index in [0.29, 0.717) is 60.3 Å². The highest BCUT2D eigenvalue weighted by Crippen LogP contribution is 2.28. The molecule has 9 nitrogen and oxygen atoms in total. The lowest BCUT2D eigenvalue weighted by Gasteiger charge is -2.23. The lowest BCUT2D eigenvalue weighted by Crippen LogP contribution is -2.26. The number of hydrogen-bond acceptors (Lipinski definition) is 8. The molecule has 2 aromatic heterocycles. The number of nitrogens with zero attached hydrogens (tertiary/aromatic N) is 4. The van der Waals surface area contributed by atoms with E-state index in [-0.39, 0.29) is 12.0 Å². The van der Waals surface area contributed by atoms with Gasteiger partial charge in [0.05, 0.1) is 37.1 Å². The van der Waals surface area contributed by atoms with Crippen LogP contribution in [-0.4, -0.2) is 47.3 Å². The molecule has 0 saturated carbocycles. The van der Waals surface area contributed by atoms with Crippen molar-refractivity contribution in [3.8, 4) is 28.8 Å². The summed E-state index contributed by atoms with van der Waals surface area (Å²) in [5.74, 6) is 1.41. The van der Waals surface area contributed by atoms with Crippen molar-refractivity contribution < 1.29 is 19.0 Å². The topological polar surface area (TPSA) is 119 Å². The van der Waals surface area contributed by atoms with Crippen molar-refractivity contribution >= 4 is 5.91 Å². The van der Waals surface area contributed by atoms with E-state index >= 15 is 0 Å². The highest BCUT2D eigenvalue weighted by molar-refractivity contribution is 5.97. The van der Waals surface area contributed by atoms with Crippen molar-refractivity contribution in [1.82, 2.24) is 20.3 Å². The molecule has 3 heterocycles. The van der Waals surface area contributed by atoms with Gasteiger partial charge in [0, 0.05) is 50.0 Å². The molecule has 0 radical (unpaired) electrons. The number of methoxy groups -OCH3 is 1. The number of hydrogen-bond donors (Lipinski definition) is 1. The normalized spacial score (nSPS) is 13.3. The van der Waals surface area contributed by atoms with Crippen molar-refractivity contribution in [2.45, 2.75) is 31.9 Å². The third-order valence-corrected chi connectivity index (χ3v) is 6.61. The molecule has 1 fully saturated rings. The summed E-state index contributed by atoms with van der Waals surface area (Å²) < 4.78 is 17.0. The van der Waals surface area contributed by atoms with E-state index in [1.807, 2.05) is 42.5 Å². The molecule has 1 saturated heterocycles. The highest BCUT2D eigenvalue weighted by Gasteiger charge is 2.18. The van der Waals surface area contributed by atoms with E-state index < -0.39 is 0 Å². The fraction of sp³-hybridized carbons (Fsp3) is 0.258. The molecule has 0 aliphatic carbocycles. The maximum atomic E-state index is 12.8. The Kier molecular flexibility index (Phi) is 8.59. The van der Waals surface area contributed by atoms with Crippen LogP contribution in [0.5, 0.6) is 11.5 Å². The third kappa shape index (κ3) is 6.60. The highest BCUT2D eigenvalue weighted by atomic mass is 16.5. The van der Waals surface area contributed by atoms with Gasteiger partial charge < -0.3 is 19.5 Å². The second-order valence-electron chi connectivity index (χ2n) is 9.37. The van der Waals surface area contributed by atoms with E-state index in [0.717, 1.165) is 29.5 Å². The van der Waals surface area contributed by atoms with Gasteiger partial charge >= 0.3 is 0 Å². The second-order valence-corrected chi connectivity index (χ2v) is 9.37. The number of carbonyl (C=O) groups is 1. The van der Waals surface area contributed by atoms with Gasteiger partial charge in [0.25, 0.3) is 5.91 Å². The molecule has 0 unspecified atom stereocenters. The first-order valence-electron chi connectivity index (χ1n) is 13.1. The van der Waals surface area contributed by atoms with Crippen molar-refractivity contribution in [2.75, 3.05) is 20.3 Å². The molecule has 1 N–H and O–H groups in total. The van der Waals surface area contributed by atoms with Gasteiger partial charge in [0.1, 0.15) is 29.5 Å². The monoisotopic (exact) mass is 535 g/mol. The zero-order chi connectivity index (χ0) is 27.7. The second kappa shape index (κ2) is 12.8. The van der Waals surface area contributed by atoms with Gasteiger partial charge in [0.15, 0.2) is 0 Å². The number of carbonyl (C=O) groups excluding carboxylic acids is 1. The number of pyridine rings is 1. The van der Waals surface area contributed by atoms with Crippen LogP contribution < -0.4 is 14.8 Å². The predicted octanol–water partition coefficient (Wildman–Crippen LogP) is 4.50. The standard InChI is InChI=1S/C31H29N5O4/c1-38-29-15-21(4-6-26(29)31(37)35-20-22-3-2-11-33-19-22)16-30-34-12-8-27(36-30)23-5-7-28(24(17-23)18-32)40-25-9-13-39-14-10-25/h2-8,11-12,15,17,19,25H,9-10,13-14,16,20H2,1H3,(H,35,37). The van der Waals surface area contributed by atoms with Gasteiger partial charge in [-0.15, -0.1) is 0 Å². The minimum absolute atomic E-state index is 0.0490. The summed E-state index contributed by atoms with van der Waals surface area (Å²) in [6, 6.07) is 18.8. The number of rotatable bonds is 9. The van der Waals surface area contributed by atoms with Crippen LogP contribution in [0.1, 0.15) is 45.7 Å². The van der Waals surface area contributed by atoms with E-state index in [9.17, 15) is 10.1 Å². The van der Waals surface area contributed by atoms with Gasteiger partial charge in [-0.25, -0.2) is 9.97 Å². The Labute approximate surface area is 232 Å². The van der Waals surface area contributed by atoms with Crippen LogP contribution in [0.4, 0.5) is 0 Å². The van der Waals surface area contributed by atoms with E-state index in [2.05, 4.69) is 21.4 Å². The average Bonchev–Trinajstić information content (AvgIpc) is 3.01. The fourth-order valence-electron chi connectivity index (χ4n) is 4.49. The van der Waals surface area contributed by atoms with Crippen LogP contribution in [0, 0.1) is 11.3 Å². The van der Waals surface area contributed by atoms with Gasteiger partial charge in [-0.3, -0.25) is 9.78 Å². The quantitative estimate of drug-likeness (QED) is 0.333. The van der Waals surface area contributed by atoms with Crippen LogP contribution in [0.3, 0.4) is 0 Å². The Morgan fingerprint density at radius 3 is 2.73 bits per heavy atom. The fourth-order valence-corrected chi connectivity index (χ4v) is 4.49. The minimum Gasteiger partial charge on any atom is -0.496 e. The first-order chi connectivity index (χ1) is 19.6. The molecule has 1 aliphatic rings. The first-order valence-corrected chi connectivity index (χ1v) is 13.1. The summed E-state index contributed by atoms with van der Waals surface area (Å²) in [7, 11) is 1.54. The lowest BCUT2D eigenvalue weighted by molar-refractivity contribution is 0.0254. The summed E-state index contributed by atoms with van der Waals surface area (Å²) >= 11 is 0. The number of aromatic nitrogens is 3. The number of benzene rings is 2. The largest absolute Gasteiger partial charge is 0.496 e. The van der Waals surface area contributed by atoms with E-state index in [1.165, 1.54) is 7.11 Å². The lowest BCUT2D eigenvalue weighted by atomic mass is 10.1. The number of amides is 1. The zero-order valence-electron chi connectivity index (χ0n) is 22.2. The van der Waals surface area contributed by atoms with Crippen LogP contribution in [0.25, 0.3) is 11.3 Å². The van der Waals surface area contributed by atoms with Crippen LogP contribution >= 0.6 is 0 Å². The molecule has 2 aromatic carbocycles. The summed E-state index contributed by atoms with van der Waals surface area (Å²) in [4.78, 5) is 26.0. The molecule has 0 spiro atoms. The Balaban J connectivity index is 1.29. The molecule has 202 valence electrons. The van der Waals surface area contributed by atoms with Gasteiger partial charge in [0.2, 0.25) is 0 Å². The Morgan fingerprint density at radius 1 is 1.07 bits per heavy atom. The van der Waals surface area contributed by atoms with Crippen molar-refractivity contribution in [3.05, 3.63) is 101 Å². The number of nitrogens with one attached hydrogen (secondary N) is 1. The maximum absolute atomic E-state index is 12.8. The number of nitriles is 1.